The van der Waals surface area contributed by atoms with E-state index in [1.165, 1.54) is 0 Å². The Labute approximate surface area is 75.2 Å². The molecular weight excluding hydrogens is 166 g/mol. The van der Waals surface area contributed by atoms with E-state index in [2.05, 4.69) is 15.1 Å². The van der Waals surface area contributed by atoms with Gasteiger partial charge in [0.05, 0.1) is 0 Å². The number of hydrogen-bond donors (Lipinski definition) is 1. The molecule has 5 nitrogen and oxygen atoms in total. The number of aromatic nitrogens is 4. The van der Waals surface area contributed by atoms with Crippen LogP contribution in [0.5, 0.6) is 0 Å². The standard InChI is InChI=1S/C8H9N5/c1-6-2-4-10-8(11-6)13-5-3-7(9)12-13/h2-5H,1H3,(H2,9,12). The van der Waals surface area contributed by atoms with Crippen LogP contribution in [0.4, 0.5) is 5.82 Å². The summed E-state index contributed by atoms with van der Waals surface area (Å²) < 4.78 is 1.54. The lowest BCUT2D eigenvalue weighted by molar-refractivity contribution is 0.805. The second kappa shape index (κ2) is 2.85. The number of aryl methyl sites for hydroxylation is 1. The Kier molecular flexibility index (Phi) is 1.70. The molecular formula is C8H9N5. The minimum absolute atomic E-state index is 0.463. The molecule has 0 saturated carbocycles. The van der Waals surface area contributed by atoms with E-state index in [1.807, 2.05) is 13.0 Å². The molecule has 0 aliphatic carbocycles. The second-order valence-corrected chi connectivity index (χ2v) is 2.68. The lowest BCUT2D eigenvalue weighted by Gasteiger charge is -1.98. The zero-order chi connectivity index (χ0) is 9.26. The zero-order valence-electron chi connectivity index (χ0n) is 7.18. The maximum absolute atomic E-state index is 5.47. The molecule has 0 radical (unpaired) electrons. The average molecular weight is 175 g/mol. The molecule has 2 aromatic heterocycles. The van der Waals surface area contributed by atoms with Crippen LogP contribution in [0.1, 0.15) is 5.69 Å². The maximum Gasteiger partial charge on any atom is 0.250 e. The Morgan fingerprint density at radius 2 is 2.23 bits per heavy atom. The van der Waals surface area contributed by atoms with Crippen LogP contribution in [-0.4, -0.2) is 19.7 Å². The monoisotopic (exact) mass is 175 g/mol. The van der Waals surface area contributed by atoms with Crippen LogP contribution < -0.4 is 5.73 Å². The van der Waals surface area contributed by atoms with Gasteiger partial charge in [-0.3, -0.25) is 0 Å². The molecule has 13 heavy (non-hydrogen) atoms. The molecule has 0 aliphatic rings. The van der Waals surface area contributed by atoms with Gasteiger partial charge in [-0.1, -0.05) is 0 Å². The number of hydrogen-bond acceptors (Lipinski definition) is 4. The first-order valence-corrected chi connectivity index (χ1v) is 3.87. The number of rotatable bonds is 1. The van der Waals surface area contributed by atoms with Gasteiger partial charge in [0, 0.05) is 24.2 Å². The third-order valence-corrected chi connectivity index (χ3v) is 1.60. The fraction of sp³-hybridized carbons (Fsp3) is 0.125. The first-order valence-electron chi connectivity index (χ1n) is 3.87. The van der Waals surface area contributed by atoms with Crippen molar-refractivity contribution in [3.63, 3.8) is 0 Å². The summed E-state index contributed by atoms with van der Waals surface area (Å²) in [4.78, 5) is 8.25. The van der Waals surface area contributed by atoms with Crippen molar-refractivity contribution in [2.24, 2.45) is 0 Å². The fourth-order valence-electron chi connectivity index (χ4n) is 0.995. The van der Waals surface area contributed by atoms with Gasteiger partial charge in [-0.2, -0.15) is 0 Å². The normalized spacial score (nSPS) is 10.2. The highest BCUT2D eigenvalue weighted by Gasteiger charge is 2.00. The zero-order valence-corrected chi connectivity index (χ0v) is 7.18. The quantitative estimate of drug-likeness (QED) is 0.687. The Bertz CT molecular complexity index is 420. The highest BCUT2D eigenvalue weighted by atomic mass is 15.4. The molecule has 0 bridgehead atoms. The number of anilines is 1. The summed E-state index contributed by atoms with van der Waals surface area (Å²) in [5.41, 5.74) is 6.37. The lowest BCUT2D eigenvalue weighted by atomic mass is 10.5. The van der Waals surface area contributed by atoms with Crippen molar-refractivity contribution in [3.8, 4) is 5.95 Å². The first kappa shape index (κ1) is 7.72. The van der Waals surface area contributed by atoms with E-state index in [0.29, 0.717) is 11.8 Å². The largest absolute Gasteiger partial charge is 0.382 e. The molecule has 0 aliphatic heterocycles. The third-order valence-electron chi connectivity index (χ3n) is 1.60. The summed E-state index contributed by atoms with van der Waals surface area (Å²) in [5.74, 6) is 1.00. The van der Waals surface area contributed by atoms with Crippen LogP contribution >= 0.6 is 0 Å². The van der Waals surface area contributed by atoms with E-state index in [0.717, 1.165) is 5.69 Å². The SMILES string of the molecule is Cc1ccnc(-n2ccc(N)n2)n1. The molecule has 0 saturated heterocycles. The summed E-state index contributed by atoms with van der Waals surface area (Å²) in [7, 11) is 0. The molecule has 0 amide bonds. The summed E-state index contributed by atoms with van der Waals surface area (Å²) in [5, 5.41) is 3.99. The van der Waals surface area contributed by atoms with E-state index in [9.17, 15) is 0 Å². The fourth-order valence-corrected chi connectivity index (χ4v) is 0.995. The minimum Gasteiger partial charge on any atom is -0.382 e. The van der Waals surface area contributed by atoms with Gasteiger partial charge in [0.25, 0.3) is 5.95 Å². The second-order valence-electron chi connectivity index (χ2n) is 2.68. The van der Waals surface area contributed by atoms with Gasteiger partial charge in [0.2, 0.25) is 0 Å². The summed E-state index contributed by atoms with van der Waals surface area (Å²) in [6.07, 6.45) is 3.42. The van der Waals surface area contributed by atoms with Crippen LogP contribution in [-0.2, 0) is 0 Å². The van der Waals surface area contributed by atoms with E-state index in [1.54, 1.807) is 23.1 Å². The highest BCUT2D eigenvalue weighted by Crippen LogP contribution is 2.02. The van der Waals surface area contributed by atoms with E-state index >= 15 is 0 Å². The predicted octanol–water partition coefficient (Wildman–Crippen LogP) is 0.553. The van der Waals surface area contributed by atoms with Crippen molar-refractivity contribution in [2.45, 2.75) is 6.92 Å². The Morgan fingerprint density at radius 3 is 2.85 bits per heavy atom. The third kappa shape index (κ3) is 1.48. The van der Waals surface area contributed by atoms with E-state index < -0.39 is 0 Å². The molecule has 0 fully saturated rings. The van der Waals surface area contributed by atoms with E-state index in [-0.39, 0.29) is 0 Å². The van der Waals surface area contributed by atoms with Gasteiger partial charge in [-0.15, -0.1) is 5.10 Å². The van der Waals surface area contributed by atoms with Gasteiger partial charge < -0.3 is 5.73 Å². The first-order chi connectivity index (χ1) is 6.25. The van der Waals surface area contributed by atoms with Crippen LogP contribution in [0, 0.1) is 6.92 Å². The molecule has 2 N–H and O–H groups in total. The van der Waals surface area contributed by atoms with Gasteiger partial charge in [0.1, 0.15) is 5.82 Å². The lowest BCUT2D eigenvalue weighted by Crippen LogP contribution is -2.02. The number of nitrogens with zero attached hydrogens (tertiary/aromatic N) is 4. The Hall–Kier alpha value is -1.91. The molecule has 2 rings (SSSR count). The topological polar surface area (TPSA) is 69.6 Å². The van der Waals surface area contributed by atoms with Crippen LogP contribution in [0.25, 0.3) is 5.95 Å². The molecule has 2 heterocycles. The smallest absolute Gasteiger partial charge is 0.250 e. The van der Waals surface area contributed by atoms with Crippen molar-refractivity contribution in [1.29, 1.82) is 0 Å². The summed E-state index contributed by atoms with van der Waals surface area (Å²) in [6, 6.07) is 3.53. The molecule has 0 aromatic carbocycles. The summed E-state index contributed by atoms with van der Waals surface area (Å²) in [6.45, 7) is 1.90. The van der Waals surface area contributed by atoms with Crippen molar-refractivity contribution >= 4 is 5.82 Å². The molecule has 0 unspecified atom stereocenters. The van der Waals surface area contributed by atoms with Crippen LogP contribution in [0.2, 0.25) is 0 Å². The summed E-state index contributed by atoms with van der Waals surface area (Å²) >= 11 is 0. The van der Waals surface area contributed by atoms with E-state index in [4.69, 9.17) is 5.73 Å². The molecule has 0 atom stereocenters. The molecule has 5 heteroatoms. The highest BCUT2D eigenvalue weighted by molar-refractivity contribution is 5.27. The van der Waals surface area contributed by atoms with Crippen molar-refractivity contribution in [2.75, 3.05) is 5.73 Å². The van der Waals surface area contributed by atoms with Gasteiger partial charge >= 0.3 is 0 Å². The van der Waals surface area contributed by atoms with Crippen molar-refractivity contribution in [1.82, 2.24) is 19.7 Å². The van der Waals surface area contributed by atoms with Gasteiger partial charge in [0.15, 0.2) is 0 Å². The van der Waals surface area contributed by atoms with Gasteiger partial charge in [-0.05, 0) is 13.0 Å². The average Bonchev–Trinajstić information content (AvgIpc) is 2.52. The molecule has 66 valence electrons. The van der Waals surface area contributed by atoms with Crippen molar-refractivity contribution in [3.05, 3.63) is 30.2 Å². The Balaban J connectivity index is 2.46. The Morgan fingerprint density at radius 1 is 1.38 bits per heavy atom. The molecule has 0 spiro atoms. The minimum atomic E-state index is 0.463. The molecule has 2 aromatic rings. The van der Waals surface area contributed by atoms with Crippen LogP contribution in [0.15, 0.2) is 24.5 Å². The predicted molar refractivity (Wildman–Crippen MR) is 48.3 cm³/mol. The number of nitrogens with two attached hydrogens (primary N) is 1. The van der Waals surface area contributed by atoms with Gasteiger partial charge in [-0.25, -0.2) is 14.6 Å². The maximum atomic E-state index is 5.47. The van der Waals surface area contributed by atoms with Crippen LogP contribution in [0.3, 0.4) is 0 Å². The van der Waals surface area contributed by atoms with Crippen molar-refractivity contribution < 1.29 is 0 Å². The number of nitrogen functional groups attached to an aromatic ring is 1.